The van der Waals surface area contributed by atoms with Gasteiger partial charge in [-0.15, -0.1) is 13.2 Å². The van der Waals surface area contributed by atoms with Gasteiger partial charge in [0.15, 0.2) is 6.79 Å². The number of ether oxygens (including phenoxy) is 1. The first-order valence-corrected chi connectivity index (χ1v) is 3.62. The Bertz CT molecular complexity index is 85.7. The molecule has 0 aliphatic carbocycles. The van der Waals surface area contributed by atoms with Crippen LogP contribution >= 0.6 is 0 Å². The van der Waals surface area contributed by atoms with Crippen LogP contribution in [0.15, 0.2) is 13.2 Å². The second kappa shape index (κ2) is 11.6. The van der Waals surface area contributed by atoms with Crippen molar-refractivity contribution >= 4 is 11.4 Å². The van der Waals surface area contributed by atoms with E-state index in [1.807, 2.05) is 0 Å². The lowest BCUT2D eigenvalue weighted by molar-refractivity contribution is 0.0257. The maximum Gasteiger partial charge on any atom is 0.304 e. The van der Waals surface area contributed by atoms with Crippen molar-refractivity contribution in [3.05, 3.63) is 13.2 Å². The average molecular weight is 168 g/mol. The fourth-order valence-electron chi connectivity index (χ4n) is 0.159. The molecule has 0 fully saturated rings. The zero-order valence-corrected chi connectivity index (χ0v) is 6.73. The molecule has 10 heavy (non-hydrogen) atoms. The predicted molar refractivity (Wildman–Crippen MR) is 39.6 cm³/mol. The molecule has 0 rings (SSSR count). The fraction of sp³-hybridized carbons (Fsp3) is 0.600. The fourth-order valence-corrected chi connectivity index (χ4v) is 0.309. The Kier molecular flexibility index (Phi) is 14.4. The number of rotatable bonds is 4. The van der Waals surface area contributed by atoms with Crippen LogP contribution in [0.5, 0.6) is 0 Å². The Morgan fingerprint density at radius 1 is 1.60 bits per heavy atom. The Hall–Kier alpha value is -0.230. The van der Waals surface area contributed by atoms with Gasteiger partial charge >= 0.3 is 11.4 Å². The minimum Gasteiger partial charge on any atom is -0.354 e. The van der Waals surface area contributed by atoms with Crippen molar-refractivity contribution < 1.29 is 17.7 Å². The van der Waals surface area contributed by atoms with Crippen LogP contribution in [0, 0.1) is 0 Å². The van der Waals surface area contributed by atoms with Gasteiger partial charge in [-0.1, -0.05) is 0 Å². The summed E-state index contributed by atoms with van der Waals surface area (Å²) in [5.41, 5.74) is 0. The molecule has 4 nitrogen and oxygen atoms in total. The molecular formula is C5H12O4S. The van der Waals surface area contributed by atoms with Gasteiger partial charge < -0.3 is 4.74 Å². The molecule has 1 atom stereocenters. The van der Waals surface area contributed by atoms with Crippen LogP contribution in [-0.4, -0.2) is 22.2 Å². The molecule has 0 spiro atoms. The van der Waals surface area contributed by atoms with Crippen LogP contribution in [0.25, 0.3) is 0 Å². The second-order valence-corrected chi connectivity index (χ2v) is 1.62. The second-order valence-electron chi connectivity index (χ2n) is 0.946. The molecule has 0 radical (unpaired) electrons. The van der Waals surface area contributed by atoms with Gasteiger partial charge in [0.05, 0.1) is 0 Å². The molecule has 0 aromatic rings. The summed E-state index contributed by atoms with van der Waals surface area (Å²) < 4.78 is 26.3. The van der Waals surface area contributed by atoms with Gasteiger partial charge in [-0.25, -0.2) is 4.18 Å². The van der Waals surface area contributed by atoms with Crippen LogP contribution in [0.2, 0.25) is 0 Å². The monoisotopic (exact) mass is 168 g/mol. The maximum absolute atomic E-state index is 9.68. The van der Waals surface area contributed by atoms with E-state index in [1.54, 1.807) is 6.92 Å². The van der Waals surface area contributed by atoms with Gasteiger partial charge in [-0.05, 0) is 6.92 Å². The van der Waals surface area contributed by atoms with Crippen molar-refractivity contribution in [3.63, 3.8) is 0 Å². The summed E-state index contributed by atoms with van der Waals surface area (Å²) in [5.74, 6) is 0. The molecule has 1 unspecified atom stereocenters. The zero-order valence-electron chi connectivity index (χ0n) is 5.91. The largest absolute Gasteiger partial charge is 0.354 e. The van der Waals surface area contributed by atoms with Gasteiger partial charge in [0.1, 0.15) is 0 Å². The van der Waals surface area contributed by atoms with Gasteiger partial charge in [0, 0.05) is 6.61 Å². The van der Waals surface area contributed by atoms with Crippen molar-refractivity contribution in [1.29, 1.82) is 0 Å². The molecular weight excluding hydrogens is 156 g/mol. The van der Waals surface area contributed by atoms with Crippen LogP contribution in [0.4, 0.5) is 0 Å². The van der Waals surface area contributed by atoms with Crippen LogP contribution in [0.1, 0.15) is 6.92 Å². The van der Waals surface area contributed by atoms with E-state index < -0.39 is 11.4 Å². The quantitative estimate of drug-likeness (QED) is 0.294. The van der Waals surface area contributed by atoms with E-state index in [-0.39, 0.29) is 6.79 Å². The van der Waals surface area contributed by atoms with Gasteiger partial charge in [0.2, 0.25) is 0 Å². The van der Waals surface area contributed by atoms with Crippen molar-refractivity contribution in [3.8, 4) is 0 Å². The zero-order chi connectivity index (χ0) is 8.41. The molecule has 0 aliphatic rings. The van der Waals surface area contributed by atoms with E-state index in [2.05, 4.69) is 22.1 Å². The third-order valence-corrected chi connectivity index (χ3v) is 0.734. The normalized spacial score (nSPS) is 11.4. The molecule has 1 N–H and O–H groups in total. The third-order valence-electron chi connectivity index (χ3n) is 0.436. The topological polar surface area (TPSA) is 55.8 Å². The summed E-state index contributed by atoms with van der Waals surface area (Å²) in [5, 5.41) is 0. The summed E-state index contributed by atoms with van der Waals surface area (Å²) in [7, 11) is 0. The number of hydrogen-bond acceptors (Lipinski definition) is 3. The maximum atomic E-state index is 9.68. The van der Waals surface area contributed by atoms with Crippen LogP contribution < -0.4 is 0 Å². The highest BCUT2D eigenvalue weighted by molar-refractivity contribution is 7.74. The highest BCUT2D eigenvalue weighted by Gasteiger charge is 1.88. The predicted octanol–water partition coefficient (Wildman–Crippen LogP) is 0.936. The van der Waals surface area contributed by atoms with Gasteiger partial charge in [-0.2, -0.15) is 4.21 Å². The van der Waals surface area contributed by atoms with E-state index in [4.69, 9.17) is 4.55 Å². The van der Waals surface area contributed by atoms with Gasteiger partial charge in [-0.3, -0.25) is 4.55 Å². The molecule has 0 aliphatic heterocycles. The molecule has 62 valence electrons. The summed E-state index contributed by atoms with van der Waals surface area (Å²) in [6, 6.07) is 0. The molecule has 0 amide bonds. The Balaban J connectivity index is 0. The van der Waals surface area contributed by atoms with Crippen molar-refractivity contribution in [2.45, 2.75) is 6.92 Å². The highest BCUT2D eigenvalue weighted by Crippen LogP contribution is 1.79. The summed E-state index contributed by atoms with van der Waals surface area (Å²) in [6.07, 6.45) is 0. The molecule has 0 heterocycles. The highest BCUT2D eigenvalue weighted by atomic mass is 32.2. The minimum absolute atomic E-state index is 0.125. The van der Waals surface area contributed by atoms with Gasteiger partial charge in [0.25, 0.3) is 0 Å². The lowest BCUT2D eigenvalue weighted by Crippen LogP contribution is -2.00. The Labute approximate surface area is 63.3 Å². The standard InChI is InChI=1S/C3H8O4S.C2H4/c1-2-6-3-7-8(4)5;1-2/h2-3H2,1H3,(H,4,5);1-2H2. The summed E-state index contributed by atoms with van der Waals surface area (Å²) in [6.45, 7) is 8.13. The minimum atomic E-state index is -2.19. The lowest BCUT2D eigenvalue weighted by Gasteiger charge is -1.95. The first kappa shape index (κ1) is 12.4. The molecule has 0 saturated carbocycles. The molecule has 0 saturated heterocycles. The Morgan fingerprint density at radius 2 is 2.10 bits per heavy atom. The van der Waals surface area contributed by atoms with Crippen molar-refractivity contribution in [2.75, 3.05) is 13.4 Å². The van der Waals surface area contributed by atoms with Crippen LogP contribution in [0.3, 0.4) is 0 Å². The molecule has 0 bridgehead atoms. The first-order chi connectivity index (χ1) is 4.77. The van der Waals surface area contributed by atoms with E-state index >= 15 is 0 Å². The van der Waals surface area contributed by atoms with Crippen molar-refractivity contribution in [2.24, 2.45) is 0 Å². The summed E-state index contributed by atoms with van der Waals surface area (Å²) in [4.78, 5) is 0. The van der Waals surface area contributed by atoms with Crippen molar-refractivity contribution in [1.82, 2.24) is 0 Å². The van der Waals surface area contributed by atoms with E-state index in [9.17, 15) is 4.21 Å². The van der Waals surface area contributed by atoms with E-state index in [0.717, 1.165) is 0 Å². The van der Waals surface area contributed by atoms with Crippen LogP contribution in [-0.2, 0) is 20.3 Å². The SMILES string of the molecule is C=C.CCOCOS(=O)O. The average Bonchev–Trinajstić information content (AvgIpc) is 1.92. The molecule has 0 aromatic carbocycles. The smallest absolute Gasteiger partial charge is 0.304 e. The van der Waals surface area contributed by atoms with E-state index in [0.29, 0.717) is 6.61 Å². The lowest BCUT2D eigenvalue weighted by atomic mass is 10.9. The Morgan fingerprint density at radius 3 is 2.40 bits per heavy atom. The third kappa shape index (κ3) is 15.7. The first-order valence-electron chi connectivity index (χ1n) is 2.59. The molecule has 5 heteroatoms. The van der Waals surface area contributed by atoms with E-state index in [1.165, 1.54) is 0 Å². The number of hydrogen-bond donors (Lipinski definition) is 1. The molecule has 0 aromatic heterocycles. The summed E-state index contributed by atoms with van der Waals surface area (Å²) >= 11 is -2.19.